The van der Waals surface area contributed by atoms with Crippen molar-refractivity contribution in [1.29, 1.82) is 0 Å². The molecular formula is C22H28N2O3S. The van der Waals surface area contributed by atoms with Gasteiger partial charge < -0.3 is 15.8 Å². The number of hydrogen-bond acceptors (Lipinski definition) is 4. The van der Waals surface area contributed by atoms with Gasteiger partial charge in [-0.15, -0.1) is 11.3 Å². The molecule has 1 aromatic heterocycles. The van der Waals surface area contributed by atoms with Gasteiger partial charge in [0.05, 0.1) is 5.56 Å². The van der Waals surface area contributed by atoms with Crippen molar-refractivity contribution >= 4 is 28.2 Å². The first kappa shape index (κ1) is 20.4. The van der Waals surface area contributed by atoms with Crippen molar-refractivity contribution < 1.29 is 14.3 Å². The van der Waals surface area contributed by atoms with Gasteiger partial charge in [-0.05, 0) is 60.8 Å². The quantitative estimate of drug-likeness (QED) is 0.718. The summed E-state index contributed by atoms with van der Waals surface area (Å²) in [5.74, 6) is 0.954. The predicted molar refractivity (Wildman–Crippen MR) is 113 cm³/mol. The fraction of sp³-hybridized carbons (Fsp3) is 0.455. The summed E-state index contributed by atoms with van der Waals surface area (Å²) >= 11 is 1.46. The molecule has 1 aliphatic carbocycles. The van der Waals surface area contributed by atoms with Crippen LogP contribution in [0.3, 0.4) is 0 Å². The first-order chi connectivity index (χ1) is 13.4. The number of carbonyl (C=O) groups is 2. The summed E-state index contributed by atoms with van der Waals surface area (Å²) < 4.78 is 5.60. The van der Waals surface area contributed by atoms with Crippen LogP contribution in [0.5, 0.6) is 5.75 Å². The molecule has 0 aliphatic heterocycles. The lowest BCUT2D eigenvalue weighted by Crippen LogP contribution is -2.22. The maximum absolute atomic E-state index is 12.4. The van der Waals surface area contributed by atoms with Crippen LogP contribution in [0.25, 0.3) is 0 Å². The molecule has 0 spiro atoms. The zero-order chi connectivity index (χ0) is 20.3. The zero-order valence-corrected chi connectivity index (χ0v) is 17.5. The molecule has 0 saturated heterocycles. The number of rotatable bonds is 7. The number of hydrogen-bond donors (Lipinski definition) is 2. The largest absolute Gasteiger partial charge is 0.484 e. The molecule has 0 unspecified atom stereocenters. The standard InChI is InChI=1S/C22H28N2O3S/c1-4-14(3)15-6-8-16(9-7-15)27-12-19(25)24-22-20(21(23)26)17-10-5-13(2)11-18(17)28-22/h6-9,13-14H,4-5,10-12H2,1-3H3,(H2,23,26)(H,24,25)/t13-,14+/m0/s1. The maximum atomic E-state index is 12.4. The van der Waals surface area contributed by atoms with Gasteiger partial charge in [0.1, 0.15) is 10.8 Å². The van der Waals surface area contributed by atoms with Gasteiger partial charge in [0.15, 0.2) is 6.61 Å². The van der Waals surface area contributed by atoms with E-state index < -0.39 is 5.91 Å². The number of nitrogens with one attached hydrogen (secondary N) is 1. The van der Waals surface area contributed by atoms with E-state index in [-0.39, 0.29) is 12.5 Å². The lowest BCUT2D eigenvalue weighted by atomic mass is 9.88. The van der Waals surface area contributed by atoms with E-state index in [1.807, 2.05) is 24.3 Å². The van der Waals surface area contributed by atoms with E-state index >= 15 is 0 Å². The minimum absolute atomic E-state index is 0.111. The lowest BCUT2D eigenvalue weighted by molar-refractivity contribution is -0.118. The topological polar surface area (TPSA) is 81.4 Å². The van der Waals surface area contributed by atoms with Crippen molar-refractivity contribution in [3.63, 3.8) is 0 Å². The van der Waals surface area contributed by atoms with Crippen LogP contribution in [-0.2, 0) is 17.6 Å². The van der Waals surface area contributed by atoms with Crippen molar-refractivity contribution in [2.45, 2.75) is 52.4 Å². The molecular weight excluding hydrogens is 372 g/mol. The number of fused-ring (bicyclic) bond motifs is 1. The molecule has 2 atom stereocenters. The highest BCUT2D eigenvalue weighted by molar-refractivity contribution is 7.17. The Labute approximate surface area is 170 Å². The number of primary amides is 1. The van der Waals surface area contributed by atoms with Gasteiger partial charge in [0.2, 0.25) is 0 Å². The van der Waals surface area contributed by atoms with E-state index in [4.69, 9.17) is 10.5 Å². The molecule has 0 radical (unpaired) electrons. The Bertz CT molecular complexity index is 857. The number of benzene rings is 1. The van der Waals surface area contributed by atoms with Crippen LogP contribution in [0.1, 0.15) is 65.9 Å². The second-order valence-electron chi connectivity index (χ2n) is 7.64. The molecule has 3 N–H and O–H groups in total. The Morgan fingerprint density at radius 1 is 1.32 bits per heavy atom. The summed E-state index contributed by atoms with van der Waals surface area (Å²) in [5.41, 5.74) is 8.32. The predicted octanol–water partition coefficient (Wildman–Crippen LogP) is 4.50. The Hall–Kier alpha value is -2.34. The average molecular weight is 401 g/mol. The van der Waals surface area contributed by atoms with Crippen LogP contribution in [0.15, 0.2) is 24.3 Å². The van der Waals surface area contributed by atoms with Gasteiger partial charge >= 0.3 is 0 Å². The van der Waals surface area contributed by atoms with Crippen molar-refractivity contribution in [2.75, 3.05) is 11.9 Å². The smallest absolute Gasteiger partial charge is 0.262 e. The molecule has 1 aliphatic rings. The van der Waals surface area contributed by atoms with Gasteiger partial charge in [0, 0.05) is 4.88 Å². The third-order valence-electron chi connectivity index (χ3n) is 5.44. The highest BCUT2D eigenvalue weighted by Gasteiger charge is 2.27. The molecule has 150 valence electrons. The van der Waals surface area contributed by atoms with Crippen molar-refractivity contribution in [3.05, 3.63) is 45.8 Å². The lowest BCUT2D eigenvalue weighted by Gasteiger charge is -2.18. The van der Waals surface area contributed by atoms with Crippen LogP contribution in [0, 0.1) is 5.92 Å². The first-order valence-electron chi connectivity index (χ1n) is 9.86. The third-order valence-corrected chi connectivity index (χ3v) is 6.61. The molecule has 0 fully saturated rings. The van der Waals surface area contributed by atoms with Gasteiger partial charge in [-0.1, -0.05) is 32.9 Å². The van der Waals surface area contributed by atoms with Crippen LogP contribution < -0.4 is 15.8 Å². The van der Waals surface area contributed by atoms with E-state index in [1.165, 1.54) is 16.9 Å². The van der Waals surface area contributed by atoms with Crippen LogP contribution in [-0.4, -0.2) is 18.4 Å². The Balaban J connectivity index is 1.64. The summed E-state index contributed by atoms with van der Waals surface area (Å²) in [5, 5.41) is 3.38. The summed E-state index contributed by atoms with van der Waals surface area (Å²) in [6.45, 7) is 6.43. The van der Waals surface area contributed by atoms with Crippen molar-refractivity contribution in [1.82, 2.24) is 0 Å². The molecule has 1 heterocycles. The molecule has 1 aromatic carbocycles. The molecule has 0 saturated carbocycles. The fourth-order valence-corrected chi connectivity index (χ4v) is 4.97. The highest BCUT2D eigenvalue weighted by Crippen LogP contribution is 2.39. The summed E-state index contributed by atoms with van der Waals surface area (Å²) in [4.78, 5) is 25.5. The first-order valence-corrected chi connectivity index (χ1v) is 10.7. The normalized spacial score (nSPS) is 16.9. The maximum Gasteiger partial charge on any atom is 0.262 e. The number of amides is 2. The van der Waals surface area contributed by atoms with E-state index in [0.29, 0.717) is 28.1 Å². The van der Waals surface area contributed by atoms with E-state index in [1.54, 1.807) is 0 Å². The molecule has 28 heavy (non-hydrogen) atoms. The minimum atomic E-state index is -0.482. The number of carbonyl (C=O) groups excluding carboxylic acids is 2. The second-order valence-corrected chi connectivity index (χ2v) is 8.74. The molecule has 2 aromatic rings. The summed E-state index contributed by atoms with van der Waals surface area (Å²) in [7, 11) is 0. The molecule has 0 bridgehead atoms. The van der Waals surface area contributed by atoms with E-state index in [0.717, 1.165) is 36.1 Å². The Kier molecular flexibility index (Phi) is 6.39. The zero-order valence-electron chi connectivity index (χ0n) is 16.7. The molecule has 3 rings (SSSR count). The van der Waals surface area contributed by atoms with E-state index in [9.17, 15) is 9.59 Å². The molecule has 2 amide bonds. The van der Waals surface area contributed by atoms with Crippen molar-refractivity contribution in [2.24, 2.45) is 11.7 Å². The number of anilines is 1. The summed E-state index contributed by atoms with van der Waals surface area (Å²) in [6.07, 6.45) is 3.87. The number of ether oxygens (including phenoxy) is 1. The monoisotopic (exact) mass is 400 g/mol. The van der Waals surface area contributed by atoms with Gasteiger partial charge in [-0.25, -0.2) is 0 Å². The van der Waals surface area contributed by atoms with Crippen LogP contribution in [0.2, 0.25) is 0 Å². The third kappa shape index (κ3) is 4.55. The molecule has 6 heteroatoms. The Morgan fingerprint density at radius 2 is 2.04 bits per heavy atom. The summed E-state index contributed by atoms with van der Waals surface area (Å²) in [6, 6.07) is 7.83. The SMILES string of the molecule is CC[C@@H](C)c1ccc(OCC(=O)Nc2sc3c(c2C(N)=O)CC[C@H](C)C3)cc1. The number of thiophene rings is 1. The molecule has 5 nitrogen and oxygen atoms in total. The van der Waals surface area contributed by atoms with Crippen LogP contribution >= 0.6 is 11.3 Å². The number of nitrogens with two attached hydrogens (primary N) is 1. The Morgan fingerprint density at radius 3 is 2.68 bits per heavy atom. The second kappa shape index (κ2) is 8.78. The van der Waals surface area contributed by atoms with Crippen LogP contribution in [0.4, 0.5) is 5.00 Å². The highest BCUT2D eigenvalue weighted by atomic mass is 32.1. The van der Waals surface area contributed by atoms with Crippen molar-refractivity contribution in [3.8, 4) is 5.75 Å². The minimum Gasteiger partial charge on any atom is -0.484 e. The fourth-order valence-electron chi connectivity index (χ4n) is 3.54. The van der Waals surface area contributed by atoms with Gasteiger partial charge in [0.25, 0.3) is 11.8 Å². The van der Waals surface area contributed by atoms with Gasteiger partial charge in [-0.2, -0.15) is 0 Å². The van der Waals surface area contributed by atoms with E-state index in [2.05, 4.69) is 26.1 Å². The van der Waals surface area contributed by atoms with Gasteiger partial charge in [-0.3, -0.25) is 9.59 Å². The average Bonchev–Trinajstić information content (AvgIpc) is 3.03.